The van der Waals surface area contributed by atoms with Crippen molar-refractivity contribution in [1.29, 1.82) is 0 Å². The average molecular weight is 297 g/mol. The van der Waals surface area contributed by atoms with Crippen LogP contribution < -0.4 is 0 Å². The van der Waals surface area contributed by atoms with Gasteiger partial charge in [0.15, 0.2) is 0 Å². The largest absolute Gasteiger partial charge is 0.480 e. The molecule has 0 aliphatic carbocycles. The van der Waals surface area contributed by atoms with Crippen LogP contribution in [0.4, 0.5) is 4.79 Å². The van der Waals surface area contributed by atoms with Crippen LogP contribution in [0, 0.1) is 5.92 Å². The van der Waals surface area contributed by atoms with Crippen LogP contribution in [0.3, 0.4) is 0 Å². The van der Waals surface area contributed by atoms with E-state index in [1.165, 1.54) is 9.80 Å². The standard InChI is InChI=1S/C14H23N3O4/c1-3-10-4-5-17(11(8-10)13(19)20)14(21)16-7-6-15(2)12(18)9-16/h10-11H,3-9H2,1-2H3,(H,19,20). The minimum absolute atomic E-state index is 0.0371. The second kappa shape index (κ2) is 6.32. The third-order valence-corrected chi connectivity index (χ3v) is 4.55. The molecule has 2 atom stereocenters. The highest BCUT2D eigenvalue weighted by atomic mass is 16.4. The summed E-state index contributed by atoms with van der Waals surface area (Å²) in [5.41, 5.74) is 0. The number of likely N-dealkylation sites (N-methyl/N-ethyl adjacent to an activating group) is 1. The van der Waals surface area contributed by atoms with Gasteiger partial charge in [0.2, 0.25) is 5.91 Å². The summed E-state index contributed by atoms with van der Waals surface area (Å²) in [6.45, 7) is 3.49. The zero-order chi connectivity index (χ0) is 15.6. The van der Waals surface area contributed by atoms with E-state index >= 15 is 0 Å². The number of likely N-dealkylation sites (tertiary alicyclic amines) is 1. The number of piperidine rings is 1. The van der Waals surface area contributed by atoms with E-state index in [1.807, 2.05) is 6.92 Å². The molecule has 0 spiro atoms. The van der Waals surface area contributed by atoms with Crippen LogP contribution in [0.2, 0.25) is 0 Å². The molecule has 7 heteroatoms. The van der Waals surface area contributed by atoms with Gasteiger partial charge in [-0.1, -0.05) is 13.3 Å². The highest BCUT2D eigenvalue weighted by molar-refractivity contribution is 5.87. The topological polar surface area (TPSA) is 81.2 Å². The molecule has 2 heterocycles. The first kappa shape index (κ1) is 15.6. The fourth-order valence-corrected chi connectivity index (χ4v) is 2.98. The second-order valence-electron chi connectivity index (χ2n) is 5.87. The van der Waals surface area contributed by atoms with Crippen molar-refractivity contribution in [3.63, 3.8) is 0 Å². The van der Waals surface area contributed by atoms with E-state index in [-0.39, 0.29) is 18.5 Å². The zero-order valence-electron chi connectivity index (χ0n) is 12.6. The predicted octanol–water partition coefficient (Wildman–Crippen LogP) is 0.456. The molecular weight excluding hydrogens is 274 g/mol. The van der Waals surface area contributed by atoms with Crippen molar-refractivity contribution >= 4 is 17.9 Å². The van der Waals surface area contributed by atoms with Crippen molar-refractivity contribution in [3.05, 3.63) is 0 Å². The van der Waals surface area contributed by atoms with Gasteiger partial charge in [0, 0.05) is 26.7 Å². The van der Waals surface area contributed by atoms with E-state index < -0.39 is 12.0 Å². The number of urea groups is 1. The first-order valence-electron chi connectivity index (χ1n) is 7.46. The first-order valence-corrected chi connectivity index (χ1v) is 7.46. The van der Waals surface area contributed by atoms with Gasteiger partial charge in [-0.2, -0.15) is 0 Å². The molecule has 118 valence electrons. The highest BCUT2D eigenvalue weighted by Gasteiger charge is 2.38. The Balaban J connectivity index is 2.06. The van der Waals surface area contributed by atoms with Gasteiger partial charge in [-0.25, -0.2) is 9.59 Å². The Hall–Kier alpha value is -1.79. The fraction of sp³-hybridized carbons (Fsp3) is 0.786. The summed E-state index contributed by atoms with van der Waals surface area (Å²) in [4.78, 5) is 40.1. The van der Waals surface area contributed by atoms with Crippen molar-refractivity contribution < 1.29 is 19.5 Å². The number of rotatable bonds is 2. The number of hydrogen-bond acceptors (Lipinski definition) is 3. The SMILES string of the molecule is CCC1CCN(C(=O)N2CCN(C)C(=O)C2)C(C(=O)O)C1. The number of carbonyl (C=O) groups is 3. The van der Waals surface area contributed by atoms with E-state index in [2.05, 4.69) is 0 Å². The number of piperazine rings is 1. The summed E-state index contributed by atoms with van der Waals surface area (Å²) >= 11 is 0. The van der Waals surface area contributed by atoms with Gasteiger partial charge < -0.3 is 19.8 Å². The lowest BCUT2D eigenvalue weighted by Crippen LogP contribution is -2.59. The minimum atomic E-state index is -0.957. The molecular formula is C14H23N3O4. The van der Waals surface area contributed by atoms with E-state index in [4.69, 9.17) is 0 Å². The molecule has 0 aromatic heterocycles. The molecule has 0 saturated carbocycles. The van der Waals surface area contributed by atoms with Crippen molar-refractivity contribution in [2.24, 2.45) is 5.92 Å². The molecule has 2 unspecified atom stereocenters. The number of hydrogen-bond donors (Lipinski definition) is 1. The summed E-state index contributed by atoms with van der Waals surface area (Å²) in [6.07, 6.45) is 2.26. The smallest absolute Gasteiger partial charge is 0.326 e. The zero-order valence-corrected chi connectivity index (χ0v) is 12.6. The molecule has 2 aliphatic rings. The van der Waals surface area contributed by atoms with Crippen molar-refractivity contribution in [2.75, 3.05) is 33.2 Å². The molecule has 1 N–H and O–H groups in total. The van der Waals surface area contributed by atoms with Gasteiger partial charge >= 0.3 is 12.0 Å². The molecule has 2 saturated heterocycles. The average Bonchev–Trinajstić information content (AvgIpc) is 2.48. The Bertz CT molecular complexity index is 440. The molecule has 7 nitrogen and oxygen atoms in total. The van der Waals surface area contributed by atoms with Crippen molar-refractivity contribution in [3.8, 4) is 0 Å². The van der Waals surface area contributed by atoms with Crippen molar-refractivity contribution in [1.82, 2.24) is 14.7 Å². The van der Waals surface area contributed by atoms with Crippen LogP contribution in [0.25, 0.3) is 0 Å². The molecule has 0 aromatic rings. The van der Waals surface area contributed by atoms with Gasteiger partial charge in [-0.05, 0) is 18.8 Å². The summed E-state index contributed by atoms with van der Waals surface area (Å²) in [6, 6.07) is -1.09. The Morgan fingerprint density at radius 3 is 2.57 bits per heavy atom. The van der Waals surface area contributed by atoms with Crippen molar-refractivity contribution in [2.45, 2.75) is 32.2 Å². The molecule has 2 fully saturated rings. The number of carboxylic acid groups (broad SMARTS) is 1. The predicted molar refractivity (Wildman–Crippen MR) is 75.8 cm³/mol. The second-order valence-corrected chi connectivity index (χ2v) is 5.87. The molecule has 0 bridgehead atoms. The Morgan fingerprint density at radius 2 is 2.00 bits per heavy atom. The van der Waals surface area contributed by atoms with Gasteiger partial charge in [0.25, 0.3) is 0 Å². The van der Waals surface area contributed by atoms with Crippen LogP contribution in [0.5, 0.6) is 0 Å². The van der Waals surface area contributed by atoms with Gasteiger partial charge in [0.05, 0.1) is 0 Å². The maximum atomic E-state index is 12.5. The summed E-state index contributed by atoms with van der Waals surface area (Å²) in [7, 11) is 1.71. The van der Waals surface area contributed by atoms with Crippen LogP contribution in [-0.2, 0) is 9.59 Å². The maximum Gasteiger partial charge on any atom is 0.326 e. The van der Waals surface area contributed by atoms with E-state index in [0.29, 0.717) is 32.0 Å². The molecule has 2 aliphatic heterocycles. The summed E-state index contributed by atoms with van der Waals surface area (Å²) < 4.78 is 0. The first-order chi connectivity index (χ1) is 9.93. The van der Waals surface area contributed by atoms with Crippen LogP contribution in [0.1, 0.15) is 26.2 Å². The number of aliphatic carboxylic acids is 1. The molecule has 21 heavy (non-hydrogen) atoms. The van der Waals surface area contributed by atoms with E-state index in [0.717, 1.165) is 12.8 Å². The van der Waals surface area contributed by atoms with Gasteiger partial charge in [-0.15, -0.1) is 0 Å². The number of carboxylic acids is 1. The third kappa shape index (κ3) is 3.28. The Kier molecular flexibility index (Phi) is 4.69. The lowest BCUT2D eigenvalue weighted by molar-refractivity contribution is -0.144. The molecule has 2 rings (SSSR count). The summed E-state index contributed by atoms with van der Waals surface area (Å²) in [5.74, 6) is -0.712. The normalized spacial score (nSPS) is 27.0. The molecule has 0 aromatic carbocycles. The fourth-order valence-electron chi connectivity index (χ4n) is 2.98. The van der Waals surface area contributed by atoms with E-state index in [9.17, 15) is 19.5 Å². The van der Waals surface area contributed by atoms with Crippen LogP contribution in [-0.4, -0.2) is 77.0 Å². The van der Waals surface area contributed by atoms with Crippen LogP contribution >= 0.6 is 0 Å². The van der Waals surface area contributed by atoms with E-state index in [1.54, 1.807) is 11.9 Å². The number of carbonyl (C=O) groups excluding carboxylic acids is 2. The maximum absolute atomic E-state index is 12.5. The Labute approximate surface area is 124 Å². The molecule has 0 radical (unpaired) electrons. The van der Waals surface area contributed by atoms with Crippen LogP contribution in [0.15, 0.2) is 0 Å². The monoisotopic (exact) mass is 297 g/mol. The lowest BCUT2D eigenvalue weighted by Gasteiger charge is -2.41. The Morgan fingerprint density at radius 1 is 1.29 bits per heavy atom. The third-order valence-electron chi connectivity index (χ3n) is 4.55. The quantitative estimate of drug-likeness (QED) is 0.802. The van der Waals surface area contributed by atoms with Gasteiger partial charge in [-0.3, -0.25) is 4.79 Å². The minimum Gasteiger partial charge on any atom is -0.480 e. The number of nitrogens with zero attached hydrogens (tertiary/aromatic N) is 3. The lowest BCUT2D eigenvalue weighted by atomic mass is 9.89. The number of amides is 3. The highest BCUT2D eigenvalue weighted by Crippen LogP contribution is 2.26. The summed E-state index contributed by atoms with van der Waals surface area (Å²) in [5, 5.41) is 9.38. The molecule has 3 amide bonds. The van der Waals surface area contributed by atoms with Gasteiger partial charge in [0.1, 0.15) is 12.6 Å².